The zero-order valence-corrected chi connectivity index (χ0v) is 14.5. The molecule has 0 aliphatic heterocycles. The van der Waals surface area contributed by atoms with Gasteiger partial charge in [-0.3, -0.25) is 9.59 Å². The second-order valence-corrected chi connectivity index (χ2v) is 6.20. The zero-order valence-electron chi connectivity index (χ0n) is 14.5. The summed E-state index contributed by atoms with van der Waals surface area (Å²) in [5, 5.41) is 3.97. The topological polar surface area (TPSA) is 59.3 Å². The number of nitrogens with one attached hydrogen (secondary N) is 1. The summed E-state index contributed by atoms with van der Waals surface area (Å²) in [5.74, 6) is 0.120. The Bertz CT molecular complexity index is 1080. The number of fused-ring (bicyclic) bond motifs is 1. The van der Waals surface area contributed by atoms with Gasteiger partial charge in [-0.15, -0.1) is 0 Å². The fraction of sp³-hybridized carbons (Fsp3) is 0.0435. The van der Waals surface area contributed by atoms with Crippen LogP contribution in [0.2, 0.25) is 0 Å². The normalized spacial score (nSPS) is 10.7. The molecule has 1 heterocycles. The lowest BCUT2D eigenvalue weighted by molar-refractivity contribution is 0.0981. The quantitative estimate of drug-likeness (QED) is 0.497. The summed E-state index contributed by atoms with van der Waals surface area (Å²) in [4.78, 5) is 25.0. The van der Waals surface area contributed by atoms with Gasteiger partial charge in [0.25, 0.3) is 0 Å². The van der Waals surface area contributed by atoms with Crippen molar-refractivity contribution in [1.29, 1.82) is 0 Å². The Hall–Kier alpha value is -3.66. The smallest absolute Gasteiger partial charge is 0.216 e. The minimum Gasteiger partial charge on any atom is -0.453 e. The average molecular weight is 355 g/mol. The van der Waals surface area contributed by atoms with E-state index in [1.165, 1.54) is 0 Å². The molecule has 0 amide bonds. The average Bonchev–Trinajstić information content (AvgIpc) is 3.17. The van der Waals surface area contributed by atoms with E-state index >= 15 is 0 Å². The van der Waals surface area contributed by atoms with Gasteiger partial charge in [0, 0.05) is 22.2 Å². The van der Waals surface area contributed by atoms with Crippen molar-refractivity contribution in [2.24, 2.45) is 0 Å². The SMILES string of the molecule is O=C(c1ccccc1)c1cccc(NCC(=O)c2cc3ccccc3o2)c1. The lowest BCUT2D eigenvalue weighted by Crippen LogP contribution is -2.13. The highest BCUT2D eigenvalue weighted by Gasteiger charge is 2.13. The number of ketones is 2. The predicted octanol–water partition coefficient (Wildman–Crippen LogP) is 4.96. The highest BCUT2D eigenvalue weighted by molar-refractivity contribution is 6.09. The Labute approximate surface area is 156 Å². The first-order chi connectivity index (χ1) is 13.2. The summed E-state index contributed by atoms with van der Waals surface area (Å²) in [7, 11) is 0. The number of anilines is 1. The maximum atomic E-state index is 12.5. The van der Waals surface area contributed by atoms with Gasteiger partial charge in [0.1, 0.15) is 5.58 Å². The molecule has 4 rings (SSSR count). The summed E-state index contributed by atoms with van der Waals surface area (Å²) < 4.78 is 5.59. The van der Waals surface area contributed by atoms with E-state index in [-0.39, 0.29) is 18.1 Å². The molecule has 1 aromatic heterocycles. The Morgan fingerprint density at radius 1 is 0.778 bits per heavy atom. The molecule has 0 unspecified atom stereocenters. The number of rotatable bonds is 6. The molecule has 0 radical (unpaired) electrons. The summed E-state index contributed by atoms with van der Waals surface area (Å²) in [6.45, 7) is 0.0861. The van der Waals surface area contributed by atoms with Crippen LogP contribution in [0, 0.1) is 0 Å². The van der Waals surface area contributed by atoms with E-state index in [1.807, 2.05) is 48.5 Å². The molecule has 4 nitrogen and oxygen atoms in total. The van der Waals surface area contributed by atoms with Crippen molar-refractivity contribution in [3.63, 3.8) is 0 Å². The summed E-state index contributed by atoms with van der Waals surface area (Å²) >= 11 is 0. The van der Waals surface area contributed by atoms with E-state index in [0.29, 0.717) is 28.2 Å². The van der Waals surface area contributed by atoms with Gasteiger partial charge in [-0.1, -0.05) is 60.7 Å². The van der Waals surface area contributed by atoms with Gasteiger partial charge in [-0.25, -0.2) is 0 Å². The number of furan rings is 1. The van der Waals surface area contributed by atoms with Gasteiger partial charge in [-0.05, 0) is 24.3 Å². The summed E-state index contributed by atoms with van der Waals surface area (Å²) in [5.41, 5.74) is 2.60. The van der Waals surface area contributed by atoms with E-state index in [1.54, 1.807) is 36.4 Å². The molecular weight excluding hydrogens is 338 g/mol. The summed E-state index contributed by atoms with van der Waals surface area (Å²) in [6, 6.07) is 25.5. The Kier molecular flexibility index (Phi) is 4.54. The number of benzene rings is 3. The second-order valence-electron chi connectivity index (χ2n) is 6.20. The molecule has 0 aliphatic rings. The molecule has 3 aromatic carbocycles. The molecule has 4 heteroatoms. The van der Waals surface area contributed by atoms with Crippen molar-refractivity contribution < 1.29 is 14.0 Å². The van der Waals surface area contributed by atoms with Crippen molar-refractivity contribution >= 4 is 28.2 Å². The molecule has 27 heavy (non-hydrogen) atoms. The molecule has 0 saturated heterocycles. The first-order valence-corrected chi connectivity index (χ1v) is 8.66. The van der Waals surface area contributed by atoms with Gasteiger partial charge in [-0.2, -0.15) is 0 Å². The molecule has 0 atom stereocenters. The van der Waals surface area contributed by atoms with E-state index in [9.17, 15) is 9.59 Å². The molecule has 1 N–H and O–H groups in total. The highest BCUT2D eigenvalue weighted by atomic mass is 16.3. The molecule has 0 saturated carbocycles. The molecule has 0 bridgehead atoms. The van der Waals surface area contributed by atoms with Gasteiger partial charge < -0.3 is 9.73 Å². The Morgan fingerprint density at radius 2 is 1.52 bits per heavy atom. The molecular formula is C23H17NO3. The van der Waals surface area contributed by atoms with Gasteiger partial charge >= 0.3 is 0 Å². The third-order valence-electron chi connectivity index (χ3n) is 4.31. The van der Waals surface area contributed by atoms with Crippen LogP contribution in [0.15, 0.2) is 89.3 Å². The maximum absolute atomic E-state index is 12.5. The van der Waals surface area contributed by atoms with E-state index in [4.69, 9.17) is 4.42 Å². The standard InChI is InChI=1S/C23H17NO3/c25-20(22-14-17-9-4-5-12-21(17)27-22)15-24-19-11-6-10-18(13-19)23(26)16-7-2-1-3-8-16/h1-14,24H,15H2. The van der Waals surface area contributed by atoms with Crippen LogP contribution in [0.5, 0.6) is 0 Å². The van der Waals surface area contributed by atoms with Gasteiger partial charge in [0.15, 0.2) is 11.5 Å². The molecule has 132 valence electrons. The lowest BCUT2D eigenvalue weighted by Gasteiger charge is -2.07. The fourth-order valence-electron chi connectivity index (χ4n) is 2.92. The molecule has 0 aliphatic carbocycles. The number of carbonyl (C=O) groups excluding carboxylic acids is 2. The summed E-state index contributed by atoms with van der Waals surface area (Å²) in [6.07, 6.45) is 0. The third-order valence-corrected chi connectivity index (χ3v) is 4.31. The van der Waals surface area contributed by atoms with Crippen LogP contribution in [0.3, 0.4) is 0 Å². The number of hydrogen-bond donors (Lipinski definition) is 1. The molecule has 0 spiro atoms. The first kappa shape index (κ1) is 16.8. The van der Waals surface area contributed by atoms with Crippen molar-refractivity contribution in [2.75, 3.05) is 11.9 Å². The zero-order chi connectivity index (χ0) is 18.6. The number of Topliss-reactive ketones (excluding diaryl/α,β-unsaturated/α-hetero) is 1. The van der Waals surface area contributed by atoms with Gasteiger partial charge in [0.05, 0.1) is 6.54 Å². The molecule has 4 aromatic rings. The van der Waals surface area contributed by atoms with Crippen LogP contribution in [-0.4, -0.2) is 18.1 Å². The predicted molar refractivity (Wildman–Crippen MR) is 105 cm³/mol. The van der Waals surface area contributed by atoms with Crippen molar-refractivity contribution in [1.82, 2.24) is 0 Å². The van der Waals surface area contributed by atoms with Crippen molar-refractivity contribution in [3.05, 3.63) is 102 Å². The lowest BCUT2D eigenvalue weighted by atomic mass is 10.0. The van der Waals surface area contributed by atoms with Crippen molar-refractivity contribution in [3.8, 4) is 0 Å². The monoisotopic (exact) mass is 355 g/mol. The van der Waals surface area contributed by atoms with E-state index in [2.05, 4.69) is 5.32 Å². The minimum atomic E-state index is -0.147. The number of para-hydroxylation sites is 1. The van der Waals surface area contributed by atoms with Crippen molar-refractivity contribution in [2.45, 2.75) is 0 Å². The maximum Gasteiger partial charge on any atom is 0.216 e. The number of carbonyl (C=O) groups is 2. The molecule has 0 fully saturated rings. The highest BCUT2D eigenvalue weighted by Crippen LogP contribution is 2.20. The van der Waals surface area contributed by atoms with Crippen LogP contribution < -0.4 is 5.32 Å². The largest absolute Gasteiger partial charge is 0.453 e. The van der Waals surface area contributed by atoms with Crippen LogP contribution in [0.25, 0.3) is 11.0 Å². The van der Waals surface area contributed by atoms with Crippen LogP contribution in [0.4, 0.5) is 5.69 Å². The number of hydrogen-bond acceptors (Lipinski definition) is 4. The fourth-order valence-corrected chi connectivity index (χ4v) is 2.92. The first-order valence-electron chi connectivity index (χ1n) is 8.66. The minimum absolute atomic E-state index is 0.0529. The van der Waals surface area contributed by atoms with E-state index in [0.717, 1.165) is 5.39 Å². The van der Waals surface area contributed by atoms with Crippen LogP contribution in [0.1, 0.15) is 26.5 Å². The Morgan fingerprint density at radius 3 is 2.33 bits per heavy atom. The Balaban J connectivity index is 1.47. The van der Waals surface area contributed by atoms with E-state index < -0.39 is 0 Å². The van der Waals surface area contributed by atoms with Crippen LogP contribution in [-0.2, 0) is 0 Å². The third kappa shape index (κ3) is 3.65. The van der Waals surface area contributed by atoms with Crippen LogP contribution >= 0.6 is 0 Å². The second kappa shape index (κ2) is 7.30. The van der Waals surface area contributed by atoms with Gasteiger partial charge in [0.2, 0.25) is 5.78 Å².